The van der Waals surface area contributed by atoms with Crippen molar-refractivity contribution in [2.75, 3.05) is 45.2 Å². The van der Waals surface area contributed by atoms with E-state index in [2.05, 4.69) is 68.6 Å². The Morgan fingerprint density at radius 1 is 0.889 bits per heavy atom. The Hall–Kier alpha value is -3.94. The van der Waals surface area contributed by atoms with Crippen LogP contribution in [0.1, 0.15) is 27.7 Å². The fourth-order valence-electron chi connectivity index (χ4n) is 5.61. The number of nitrogens with zero attached hydrogens (tertiary/aromatic N) is 2. The predicted molar refractivity (Wildman–Crippen MR) is 140 cm³/mol. The van der Waals surface area contributed by atoms with Crippen molar-refractivity contribution in [2.45, 2.75) is 6.04 Å². The molecule has 1 amide bonds. The van der Waals surface area contributed by atoms with Crippen LogP contribution >= 0.6 is 0 Å². The van der Waals surface area contributed by atoms with Gasteiger partial charge in [0, 0.05) is 37.1 Å². The Kier molecular flexibility index (Phi) is 5.79. The first kappa shape index (κ1) is 22.5. The first-order valence-corrected chi connectivity index (χ1v) is 12.3. The quantitative estimate of drug-likeness (QED) is 0.417. The summed E-state index contributed by atoms with van der Waals surface area (Å²) in [6, 6.07) is 25.1. The monoisotopic (exact) mass is 480 g/mol. The Labute approximate surface area is 209 Å². The van der Waals surface area contributed by atoms with Crippen LogP contribution < -0.4 is 5.32 Å². The summed E-state index contributed by atoms with van der Waals surface area (Å²) in [5.41, 5.74) is 6.87. The second-order valence-corrected chi connectivity index (χ2v) is 9.35. The Morgan fingerprint density at radius 2 is 1.50 bits per heavy atom. The number of hydrogen-bond acceptors (Lipinski definition) is 5. The molecule has 1 fully saturated rings. The lowest BCUT2D eigenvalue weighted by Crippen LogP contribution is -2.49. The molecule has 0 radical (unpaired) electrons. The number of esters is 1. The Balaban J connectivity index is 1.14. The van der Waals surface area contributed by atoms with Gasteiger partial charge in [-0.1, -0.05) is 66.7 Å². The molecule has 1 saturated heterocycles. The lowest BCUT2D eigenvalue weighted by molar-refractivity contribution is -0.117. The molecule has 2 N–H and O–H groups in total. The molecule has 1 aliphatic carbocycles. The van der Waals surface area contributed by atoms with Crippen molar-refractivity contribution in [3.05, 3.63) is 89.6 Å². The summed E-state index contributed by atoms with van der Waals surface area (Å²) in [6.07, 6.45) is 0. The van der Waals surface area contributed by atoms with E-state index in [9.17, 15) is 9.59 Å². The summed E-state index contributed by atoms with van der Waals surface area (Å²) in [5.74, 6) is -0.651. The van der Waals surface area contributed by atoms with E-state index in [4.69, 9.17) is 4.74 Å². The van der Waals surface area contributed by atoms with E-state index < -0.39 is 5.97 Å². The van der Waals surface area contributed by atoms with Gasteiger partial charge in [-0.3, -0.25) is 14.6 Å². The second kappa shape index (κ2) is 9.26. The van der Waals surface area contributed by atoms with Gasteiger partial charge >= 0.3 is 5.97 Å². The van der Waals surface area contributed by atoms with Crippen LogP contribution in [-0.4, -0.2) is 66.5 Å². The minimum absolute atomic E-state index is 0.144. The number of rotatable bonds is 5. The van der Waals surface area contributed by atoms with Gasteiger partial charge in [-0.15, -0.1) is 0 Å². The lowest BCUT2D eigenvalue weighted by Gasteiger charge is -2.38. The molecule has 0 spiro atoms. The third-order valence-corrected chi connectivity index (χ3v) is 7.30. The largest absolute Gasteiger partial charge is 0.464 e. The van der Waals surface area contributed by atoms with E-state index >= 15 is 0 Å². The Morgan fingerprint density at radius 3 is 2.17 bits per heavy atom. The number of amides is 1. The highest BCUT2D eigenvalue weighted by atomic mass is 16.5. The SMILES string of the molecule is COC(=O)c1[nH]c2ccccc2c1NC(=O)CN1CCN(C2c3ccccc3-c3ccccc32)CC1. The number of piperazine rings is 1. The number of fused-ring (bicyclic) bond motifs is 4. The molecule has 2 heterocycles. The summed E-state index contributed by atoms with van der Waals surface area (Å²) in [7, 11) is 1.33. The normalized spacial score (nSPS) is 16.0. The molecule has 7 nitrogen and oxygen atoms in total. The molecule has 3 aromatic carbocycles. The van der Waals surface area contributed by atoms with Gasteiger partial charge in [0.25, 0.3) is 0 Å². The number of hydrogen-bond donors (Lipinski definition) is 2. The molecule has 6 rings (SSSR count). The van der Waals surface area contributed by atoms with Gasteiger partial charge in [0.2, 0.25) is 5.91 Å². The van der Waals surface area contributed by atoms with Crippen LogP contribution in [0.4, 0.5) is 5.69 Å². The number of benzene rings is 3. The van der Waals surface area contributed by atoms with Gasteiger partial charge in [0.1, 0.15) is 5.69 Å². The van der Waals surface area contributed by atoms with Crippen molar-refractivity contribution < 1.29 is 14.3 Å². The van der Waals surface area contributed by atoms with Gasteiger partial charge in [-0.25, -0.2) is 4.79 Å². The maximum atomic E-state index is 13.0. The topological polar surface area (TPSA) is 77.7 Å². The smallest absolute Gasteiger partial charge is 0.356 e. The number of anilines is 1. The summed E-state index contributed by atoms with van der Waals surface area (Å²) in [4.78, 5) is 33.1. The second-order valence-electron chi connectivity index (χ2n) is 9.35. The van der Waals surface area contributed by atoms with Crippen molar-refractivity contribution in [3.8, 4) is 11.1 Å². The van der Waals surface area contributed by atoms with E-state index in [1.54, 1.807) is 0 Å². The first-order chi connectivity index (χ1) is 17.6. The van der Waals surface area contributed by atoms with E-state index in [-0.39, 0.29) is 24.2 Å². The molecule has 4 aromatic rings. The molecular weight excluding hydrogens is 452 g/mol. The van der Waals surface area contributed by atoms with Crippen LogP contribution in [0.5, 0.6) is 0 Å². The summed E-state index contributed by atoms with van der Waals surface area (Å²) < 4.78 is 4.91. The lowest BCUT2D eigenvalue weighted by atomic mass is 10.0. The zero-order valence-electron chi connectivity index (χ0n) is 20.2. The van der Waals surface area contributed by atoms with Gasteiger partial charge in [0.05, 0.1) is 25.4 Å². The zero-order chi connectivity index (χ0) is 24.6. The number of aromatic nitrogens is 1. The molecule has 1 aliphatic heterocycles. The highest BCUT2D eigenvalue weighted by molar-refractivity contribution is 6.11. The summed E-state index contributed by atoms with van der Waals surface area (Å²) >= 11 is 0. The van der Waals surface area contributed by atoms with Crippen LogP contribution in [0.15, 0.2) is 72.8 Å². The van der Waals surface area contributed by atoms with Crippen molar-refractivity contribution in [1.29, 1.82) is 0 Å². The molecule has 36 heavy (non-hydrogen) atoms. The highest BCUT2D eigenvalue weighted by Gasteiger charge is 2.34. The van der Waals surface area contributed by atoms with Crippen LogP contribution in [-0.2, 0) is 9.53 Å². The highest BCUT2D eigenvalue weighted by Crippen LogP contribution is 2.46. The first-order valence-electron chi connectivity index (χ1n) is 12.3. The number of nitrogens with one attached hydrogen (secondary N) is 2. The number of para-hydroxylation sites is 1. The fraction of sp³-hybridized carbons (Fsp3) is 0.241. The van der Waals surface area contributed by atoms with Crippen LogP contribution in [0.25, 0.3) is 22.0 Å². The molecule has 2 aliphatic rings. The van der Waals surface area contributed by atoms with Crippen molar-refractivity contribution in [2.24, 2.45) is 0 Å². The summed E-state index contributed by atoms with van der Waals surface area (Å²) in [5, 5.41) is 3.75. The van der Waals surface area contributed by atoms with Gasteiger partial charge in [-0.2, -0.15) is 0 Å². The molecule has 0 bridgehead atoms. The van der Waals surface area contributed by atoms with E-state index in [1.165, 1.54) is 29.4 Å². The van der Waals surface area contributed by atoms with Gasteiger partial charge in [-0.05, 0) is 28.3 Å². The van der Waals surface area contributed by atoms with Crippen molar-refractivity contribution in [1.82, 2.24) is 14.8 Å². The van der Waals surface area contributed by atoms with Crippen molar-refractivity contribution in [3.63, 3.8) is 0 Å². The summed E-state index contributed by atoms with van der Waals surface area (Å²) in [6.45, 7) is 3.62. The molecular formula is C29H28N4O3. The van der Waals surface area contributed by atoms with E-state index in [1.807, 2.05) is 24.3 Å². The number of ether oxygens (including phenoxy) is 1. The maximum Gasteiger partial charge on any atom is 0.356 e. The average molecular weight is 481 g/mol. The number of carbonyl (C=O) groups is 2. The molecule has 0 saturated carbocycles. The van der Waals surface area contributed by atoms with Gasteiger partial charge in [0.15, 0.2) is 0 Å². The minimum Gasteiger partial charge on any atom is -0.464 e. The number of carbonyl (C=O) groups excluding carboxylic acids is 2. The predicted octanol–water partition coefficient (Wildman–Crippen LogP) is 4.28. The average Bonchev–Trinajstić information content (AvgIpc) is 3.45. The third-order valence-electron chi connectivity index (χ3n) is 7.30. The molecule has 0 unspecified atom stereocenters. The van der Waals surface area contributed by atoms with Gasteiger partial charge < -0.3 is 15.0 Å². The standard InChI is InChI=1S/C29H28N4O3/c1-36-29(35)27-26(23-12-6-7-13-24(23)30-27)31-25(34)18-32-14-16-33(17-15-32)28-21-10-4-2-8-19(21)20-9-3-5-11-22(20)28/h2-13,28,30H,14-18H2,1H3,(H,31,34). The molecule has 182 valence electrons. The Bertz CT molecular complexity index is 1410. The zero-order valence-corrected chi connectivity index (χ0v) is 20.2. The minimum atomic E-state index is -0.507. The molecule has 0 atom stereocenters. The number of methoxy groups -OCH3 is 1. The van der Waals surface area contributed by atoms with Crippen LogP contribution in [0, 0.1) is 0 Å². The number of aromatic amines is 1. The maximum absolute atomic E-state index is 13.0. The van der Waals surface area contributed by atoms with E-state index in [0.29, 0.717) is 5.69 Å². The van der Waals surface area contributed by atoms with Crippen LogP contribution in [0.2, 0.25) is 0 Å². The van der Waals surface area contributed by atoms with Crippen LogP contribution in [0.3, 0.4) is 0 Å². The third kappa shape index (κ3) is 3.86. The van der Waals surface area contributed by atoms with Crippen molar-refractivity contribution >= 4 is 28.5 Å². The fourth-order valence-corrected chi connectivity index (χ4v) is 5.61. The number of H-pyrrole nitrogens is 1. The van der Waals surface area contributed by atoms with E-state index in [0.717, 1.165) is 37.1 Å². The molecule has 1 aromatic heterocycles. The molecule has 7 heteroatoms.